The van der Waals surface area contributed by atoms with Crippen LogP contribution in [0.25, 0.3) is 0 Å². The van der Waals surface area contributed by atoms with Crippen LogP contribution >= 0.6 is 0 Å². The number of hydrogen-bond donors (Lipinski definition) is 1. The zero-order chi connectivity index (χ0) is 12.6. The SMILES string of the molecule is CC(C)C(C)N1Cc2ccc(C#N)c(N)c2C1. The number of nitrogens with zero attached hydrogens (tertiary/aromatic N) is 2. The predicted molar refractivity (Wildman–Crippen MR) is 69.1 cm³/mol. The summed E-state index contributed by atoms with van der Waals surface area (Å²) in [6.45, 7) is 8.54. The molecular weight excluding hydrogens is 210 g/mol. The lowest BCUT2D eigenvalue weighted by molar-refractivity contribution is 0.170. The van der Waals surface area contributed by atoms with Crippen LogP contribution in [-0.4, -0.2) is 10.9 Å². The molecule has 1 unspecified atom stereocenters. The molecule has 0 saturated heterocycles. The highest BCUT2D eigenvalue weighted by Crippen LogP contribution is 2.32. The van der Waals surface area contributed by atoms with Gasteiger partial charge in [-0.3, -0.25) is 4.90 Å². The van der Waals surface area contributed by atoms with Crippen LogP contribution in [-0.2, 0) is 13.1 Å². The number of nitriles is 1. The Morgan fingerprint density at radius 1 is 1.29 bits per heavy atom. The highest BCUT2D eigenvalue weighted by Gasteiger charge is 2.26. The molecule has 0 saturated carbocycles. The van der Waals surface area contributed by atoms with Crippen molar-refractivity contribution in [3.8, 4) is 6.07 Å². The van der Waals surface area contributed by atoms with Crippen LogP contribution in [0.5, 0.6) is 0 Å². The maximum atomic E-state index is 8.97. The number of anilines is 1. The predicted octanol–water partition coefficient (Wildman–Crippen LogP) is 2.50. The lowest BCUT2D eigenvalue weighted by Gasteiger charge is -2.27. The van der Waals surface area contributed by atoms with Crippen LogP contribution in [0.3, 0.4) is 0 Å². The van der Waals surface area contributed by atoms with Gasteiger partial charge in [-0.15, -0.1) is 0 Å². The van der Waals surface area contributed by atoms with Crippen molar-refractivity contribution in [1.82, 2.24) is 4.90 Å². The van der Waals surface area contributed by atoms with E-state index in [1.165, 1.54) is 5.56 Å². The average molecular weight is 229 g/mol. The van der Waals surface area contributed by atoms with Crippen LogP contribution in [0.4, 0.5) is 5.69 Å². The Morgan fingerprint density at radius 2 is 2.00 bits per heavy atom. The van der Waals surface area contributed by atoms with Gasteiger partial charge in [0.25, 0.3) is 0 Å². The minimum atomic E-state index is 0.535. The summed E-state index contributed by atoms with van der Waals surface area (Å²) in [6, 6.07) is 6.55. The van der Waals surface area contributed by atoms with E-state index >= 15 is 0 Å². The van der Waals surface area contributed by atoms with Gasteiger partial charge in [-0.05, 0) is 30.0 Å². The van der Waals surface area contributed by atoms with Gasteiger partial charge in [0.2, 0.25) is 0 Å². The van der Waals surface area contributed by atoms with Gasteiger partial charge < -0.3 is 5.73 Å². The molecule has 90 valence electrons. The Morgan fingerprint density at radius 3 is 2.59 bits per heavy atom. The zero-order valence-corrected chi connectivity index (χ0v) is 10.7. The van der Waals surface area contributed by atoms with E-state index in [4.69, 9.17) is 11.0 Å². The van der Waals surface area contributed by atoms with Gasteiger partial charge >= 0.3 is 0 Å². The molecule has 0 bridgehead atoms. The number of hydrogen-bond acceptors (Lipinski definition) is 3. The van der Waals surface area contributed by atoms with Crippen LogP contribution in [0.2, 0.25) is 0 Å². The molecule has 0 radical (unpaired) electrons. The van der Waals surface area contributed by atoms with Crippen molar-refractivity contribution < 1.29 is 0 Å². The first-order chi connectivity index (χ1) is 8.04. The summed E-state index contributed by atoms with van der Waals surface area (Å²) >= 11 is 0. The topological polar surface area (TPSA) is 53.0 Å². The molecule has 1 aromatic rings. The molecule has 1 aromatic carbocycles. The highest BCUT2D eigenvalue weighted by molar-refractivity contribution is 5.62. The second-order valence-electron chi connectivity index (χ2n) is 5.17. The molecule has 0 aromatic heterocycles. The lowest BCUT2D eigenvalue weighted by Crippen LogP contribution is -2.32. The van der Waals surface area contributed by atoms with Gasteiger partial charge in [-0.25, -0.2) is 0 Å². The molecule has 0 fully saturated rings. The maximum absolute atomic E-state index is 8.97. The molecular formula is C14H19N3. The third-order valence-electron chi connectivity index (χ3n) is 3.85. The first kappa shape index (κ1) is 11.9. The van der Waals surface area contributed by atoms with Crippen LogP contribution in [0.1, 0.15) is 37.5 Å². The number of nitrogen functional groups attached to an aromatic ring is 1. The van der Waals surface area contributed by atoms with E-state index in [2.05, 4.69) is 31.7 Å². The number of nitrogens with two attached hydrogens (primary N) is 1. The summed E-state index contributed by atoms with van der Waals surface area (Å²) in [4.78, 5) is 2.42. The first-order valence-corrected chi connectivity index (χ1v) is 6.09. The van der Waals surface area contributed by atoms with Crippen LogP contribution in [0.15, 0.2) is 12.1 Å². The molecule has 1 heterocycles. The second kappa shape index (κ2) is 4.38. The fraction of sp³-hybridized carbons (Fsp3) is 0.500. The van der Waals surface area contributed by atoms with Crippen molar-refractivity contribution in [2.45, 2.75) is 39.9 Å². The van der Waals surface area contributed by atoms with E-state index in [9.17, 15) is 0 Å². The van der Waals surface area contributed by atoms with Gasteiger partial charge in [0.1, 0.15) is 6.07 Å². The van der Waals surface area contributed by atoms with E-state index in [1.807, 2.05) is 12.1 Å². The Kier molecular flexibility index (Phi) is 3.08. The van der Waals surface area contributed by atoms with Gasteiger partial charge in [0.15, 0.2) is 0 Å². The minimum absolute atomic E-state index is 0.535. The molecule has 1 aliphatic heterocycles. The van der Waals surface area contributed by atoms with Crippen molar-refractivity contribution in [3.63, 3.8) is 0 Å². The summed E-state index contributed by atoms with van der Waals surface area (Å²) in [5.41, 5.74) is 9.73. The van der Waals surface area contributed by atoms with E-state index in [0.717, 1.165) is 18.7 Å². The Hall–Kier alpha value is -1.53. The number of benzene rings is 1. The Balaban J connectivity index is 2.29. The van der Waals surface area contributed by atoms with Gasteiger partial charge in [-0.2, -0.15) is 5.26 Å². The smallest absolute Gasteiger partial charge is 0.101 e. The molecule has 2 rings (SSSR count). The van der Waals surface area contributed by atoms with Gasteiger partial charge in [0, 0.05) is 19.1 Å². The van der Waals surface area contributed by atoms with Crippen molar-refractivity contribution in [2.75, 3.05) is 5.73 Å². The third kappa shape index (κ3) is 2.01. The molecule has 0 aliphatic carbocycles. The van der Waals surface area contributed by atoms with E-state index < -0.39 is 0 Å². The van der Waals surface area contributed by atoms with Crippen molar-refractivity contribution in [3.05, 3.63) is 28.8 Å². The molecule has 1 aliphatic rings. The van der Waals surface area contributed by atoms with E-state index in [1.54, 1.807) is 0 Å². The van der Waals surface area contributed by atoms with Crippen molar-refractivity contribution >= 4 is 5.69 Å². The molecule has 3 nitrogen and oxygen atoms in total. The second-order valence-corrected chi connectivity index (χ2v) is 5.17. The lowest BCUT2D eigenvalue weighted by atomic mass is 10.0. The van der Waals surface area contributed by atoms with Crippen molar-refractivity contribution in [1.29, 1.82) is 5.26 Å². The monoisotopic (exact) mass is 229 g/mol. The minimum Gasteiger partial charge on any atom is -0.397 e. The van der Waals surface area contributed by atoms with Gasteiger partial charge in [-0.1, -0.05) is 19.9 Å². The number of rotatable bonds is 2. The highest BCUT2D eigenvalue weighted by atomic mass is 15.2. The quantitative estimate of drug-likeness (QED) is 0.793. The zero-order valence-electron chi connectivity index (χ0n) is 10.7. The molecule has 2 N–H and O–H groups in total. The fourth-order valence-corrected chi connectivity index (χ4v) is 2.33. The largest absolute Gasteiger partial charge is 0.397 e. The first-order valence-electron chi connectivity index (χ1n) is 6.09. The van der Waals surface area contributed by atoms with Crippen molar-refractivity contribution in [2.24, 2.45) is 5.92 Å². The summed E-state index contributed by atoms with van der Waals surface area (Å²) < 4.78 is 0. The normalized spacial score (nSPS) is 16.9. The van der Waals surface area contributed by atoms with E-state index in [0.29, 0.717) is 23.2 Å². The van der Waals surface area contributed by atoms with Crippen LogP contribution in [0, 0.1) is 17.2 Å². The summed E-state index contributed by atoms with van der Waals surface area (Å²) in [5.74, 6) is 0.626. The van der Waals surface area contributed by atoms with E-state index in [-0.39, 0.29) is 0 Å². The summed E-state index contributed by atoms with van der Waals surface area (Å²) in [6.07, 6.45) is 0. The fourth-order valence-electron chi connectivity index (χ4n) is 2.33. The molecule has 17 heavy (non-hydrogen) atoms. The van der Waals surface area contributed by atoms with Gasteiger partial charge in [0.05, 0.1) is 11.3 Å². The van der Waals surface area contributed by atoms with Crippen LogP contribution < -0.4 is 5.73 Å². The Bertz CT molecular complexity index is 471. The maximum Gasteiger partial charge on any atom is 0.101 e. The molecule has 0 amide bonds. The summed E-state index contributed by atoms with van der Waals surface area (Å²) in [5, 5.41) is 8.97. The number of fused-ring (bicyclic) bond motifs is 1. The summed E-state index contributed by atoms with van der Waals surface area (Å²) in [7, 11) is 0. The molecule has 1 atom stereocenters. The average Bonchev–Trinajstić information content (AvgIpc) is 2.73. The molecule has 3 heteroatoms. The Labute approximate surface area is 103 Å². The third-order valence-corrected chi connectivity index (χ3v) is 3.85. The molecule has 0 spiro atoms. The standard InChI is InChI=1S/C14H19N3/c1-9(2)10(3)17-7-12-5-4-11(6-15)14(16)13(12)8-17/h4-5,9-10H,7-8,16H2,1-3H3.